The fourth-order valence-electron chi connectivity index (χ4n) is 3.40. The van der Waals surface area contributed by atoms with Crippen molar-refractivity contribution >= 4 is 22.6 Å². The van der Waals surface area contributed by atoms with Gasteiger partial charge in [0, 0.05) is 23.4 Å². The molecule has 1 amide bonds. The van der Waals surface area contributed by atoms with E-state index in [2.05, 4.69) is 10.3 Å². The van der Waals surface area contributed by atoms with Crippen molar-refractivity contribution in [2.45, 2.75) is 6.42 Å². The van der Waals surface area contributed by atoms with E-state index in [1.807, 2.05) is 71.6 Å². The maximum Gasteiger partial charge on any atom is 0.255 e. The first-order chi connectivity index (χ1) is 13.3. The number of benzene rings is 3. The van der Waals surface area contributed by atoms with Crippen molar-refractivity contribution in [3.63, 3.8) is 0 Å². The molecule has 5 heteroatoms. The van der Waals surface area contributed by atoms with Crippen LogP contribution in [0.4, 0.5) is 5.69 Å². The Morgan fingerprint density at radius 3 is 2.78 bits per heavy atom. The van der Waals surface area contributed by atoms with E-state index in [1.54, 1.807) is 6.07 Å². The summed E-state index contributed by atoms with van der Waals surface area (Å²) in [6.07, 6.45) is 2.66. The molecule has 5 rings (SSSR count). The molecule has 0 atom stereocenters. The van der Waals surface area contributed by atoms with E-state index in [4.69, 9.17) is 4.74 Å². The topological polar surface area (TPSA) is 56.2 Å². The van der Waals surface area contributed by atoms with Gasteiger partial charge in [0.25, 0.3) is 5.91 Å². The van der Waals surface area contributed by atoms with Crippen LogP contribution in [-0.2, 0) is 6.42 Å². The largest absolute Gasteiger partial charge is 0.493 e. The Morgan fingerprint density at radius 2 is 1.89 bits per heavy atom. The van der Waals surface area contributed by atoms with Gasteiger partial charge >= 0.3 is 0 Å². The second-order valence-electron chi connectivity index (χ2n) is 6.53. The van der Waals surface area contributed by atoms with Crippen molar-refractivity contribution in [3.05, 3.63) is 84.2 Å². The molecule has 1 aromatic heterocycles. The number of aromatic nitrogens is 2. The third kappa shape index (κ3) is 2.83. The number of hydrogen-bond acceptors (Lipinski definition) is 3. The van der Waals surface area contributed by atoms with Gasteiger partial charge in [-0.1, -0.05) is 12.1 Å². The number of ether oxygens (including phenoxy) is 1. The van der Waals surface area contributed by atoms with Gasteiger partial charge in [0.15, 0.2) is 0 Å². The molecule has 3 aromatic carbocycles. The average molecular weight is 355 g/mol. The molecule has 132 valence electrons. The monoisotopic (exact) mass is 355 g/mol. The third-order valence-corrected chi connectivity index (χ3v) is 4.81. The van der Waals surface area contributed by atoms with Gasteiger partial charge in [-0.05, 0) is 60.2 Å². The number of anilines is 1. The molecule has 0 fully saturated rings. The SMILES string of the molecule is O=C(Nc1ccc(-n2cnc3ccccc32)cc1)c1ccc2c(c1)CCO2. The molecule has 0 saturated carbocycles. The Bertz CT molecular complexity index is 1150. The molecular weight excluding hydrogens is 338 g/mol. The number of carbonyl (C=O) groups excluding carboxylic acids is 1. The lowest BCUT2D eigenvalue weighted by molar-refractivity contribution is 0.102. The molecule has 0 unspecified atom stereocenters. The zero-order valence-corrected chi connectivity index (χ0v) is 14.6. The van der Waals surface area contributed by atoms with Crippen LogP contribution in [0.1, 0.15) is 15.9 Å². The summed E-state index contributed by atoms with van der Waals surface area (Å²) < 4.78 is 7.52. The fraction of sp³-hybridized carbons (Fsp3) is 0.0909. The van der Waals surface area contributed by atoms with Crippen LogP contribution < -0.4 is 10.1 Å². The van der Waals surface area contributed by atoms with Gasteiger partial charge in [-0.2, -0.15) is 0 Å². The van der Waals surface area contributed by atoms with Crippen LogP contribution >= 0.6 is 0 Å². The lowest BCUT2D eigenvalue weighted by Crippen LogP contribution is -2.12. The van der Waals surface area contributed by atoms with Crippen molar-refractivity contribution in [1.82, 2.24) is 9.55 Å². The van der Waals surface area contributed by atoms with E-state index in [0.29, 0.717) is 12.2 Å². The average Bonchev–Trinajstić information content (AvgIpc) is 3.35. The molecule has 1 aliphatic rings. The Labute approximate surface area is 156 Å². The minimum Gasteiger partial charge on any atom is -0.493 e. The molecule has 0 saturated heterocycles. The number of amides is 1. The molecule has 0 bridgehead atoms. The van der Waals surface area contributed by atoms with Crippen molar-refractivity contribution in [3.8, 4) is 11.4 Å². The molecule has 5 nitrogen and oxygen atoms in total. The third-order valence-electron chi connectivity index (χ3n) is 4.81. The molecule has 0 aliphatic carbocycles. The molecular formula is C22H17N3O2. The summed E-state index contributed by atoms with van der Waals surface area (Å²) in [4.78, 5) is 17.0. The number of carbonyl (C=O) groups is 1. The normalized spacial score (nSPS) is 12.6. The highest BCUT2D eigenvalue weighted by Crippen LogP contribution is 2.26. The minimum atomic E-state index is -0.120. The summed E-state index contributed by atoms with van der Waals surface area (Å²) in [6, 6.07) is 21.3. The molecule has 1 N–H and O–H groups in total. The van der Waals surface area contributed by atoms with E-state index in [0.717, 1.165) is 40.1 Å². The smallest absolute Gasteiger partial charge is 0.255 e. The highest BCUT2D eigenvalue weighted by Gasteiger charge is 2.15. The van der Waals surface area contributed by atoms with Gasteiger partial charge < -0.3 is 10.1 Å². The first-order valence-corrected chi connectivity index (χ1v) is 8.87. The van der Waals surface area contributed by atoms with Crippen LogP contribution in [0.5, 0.6) is 5.75 Å². The summed E-state index contributed by atoms with van der Waals surface area (Å²) in [7, 11) is 0. The number of imidazole rings is 1. The van der Waals surface area contributed by atoms with Crippen molar-refractivity contribution in [2.75, 3.05) is 11.9 Å². The standard InChI is InChI=1S/C22H17N3O2/c26-22(16-5-10-21-15(13-16)11-12-27-21)24-17-6-8-18(9-7-17)25-14-23-19-3-1-2-4-20(19)25/h1-10,13-14H,11-12H2,(H,24,26). The van der Waals surface area contributed by atoms with E-state index in [-0.39, 0.29) is 5.91 Å². The van der Waals surface area contributed by atoms with Gasteiger partial charge in [-0.3, -0.25) is 9.36 Å². The Hall–Kier alpha value is -3.60. The van der Waals surface area contributed by atoms with Crippen LogP contribution in [0.2, 0.25) is 0 Å². The molecule has 0 spiro atoms. The lowest BCUT2D eigenvalue weighted by Gasteiger charge is -2.09. The summed E-state index contributed by atoms with van der Waals surface area (Å²) in [5.74, 6) is 0.758. The van der Waals surface area contributed by atoms with E-state index in [1.165, 1.54) is 0 Å². The second-order valence-corrected chi connectivity index (χ2v) is 6.53. The van der Waals surface area contributed by atoms with E-state index in [9.17, 15) is 4.79 Å². The van der Waals surface area contributed by atoms with E-state index >= 15 is 0 Å². The summed E-state index contributed by atoms with van der Waals surface area (Å²) in [5.41, 5.74) is 5.49. The van der Waals surface area contributed by atoms with Gasteiger partial charge in [0.2, 0.25) is 0 Å². The number of rotatable bonds is 3. The number of fused-ring (bicyclic) bond motifs is 2. The van der Waals surface area contributed by atoms with Crippen LogP contribution in [0, 0.1) is 0 Å². The van der Waals surface area contributed by atoms with Crippen molar-refractivity contribution in [2.24, 2.45) is 0 Å². The first-order valence-electron chi connectivity index (χ1n) is 8.87. The fourth-order valence-corrected chi connectivity index (χ4v) is 3.40. The number of nitrogens with one attached hydrogen (secondary N) is 1. The Kier molecular flexibility index (Phi) is 3.64. The predicted molar refractivity (Wildman–Crippen MR) is 105 cm³/mol. The molecule has 27 heavy (non-hydrogen) atoms. The highest BCUT2D eigenvalue weighted by atomic mass is 16.5. The summed E-state index contributed by atoms with van der Waals surface area (Å²) in [6.45, 7) is 0.685. The molecule has 2 heterocycles. The Morgan fingerprint density at radius 1 is 1.04 bits per heavy atom. The highest BCUT2D eigenvalue weighted by molar-refractivity contribution is 6.04. The van der Waals surface area contributed by atoms with Crippen LogP contribution in [0.15, 0.2) is 73.1 Å². The zero-order valence-electron chi connectivity index (χ0n) is 14.6. The van der Waals surface area contributed by atoms with Crippen molar-refractivity contribution < 1.29 is 9.53 Å². The molecule has 0 radical (unpaired) electrons. The lowest BCUT2D eigenvalue weighted by atomic mass is 10.1. The maximum absolute atomic E-state index is 12.5. The quantitative estimate of drug-likeness (QED) is 0.599. The van der Waals surface area contributed by atoms with Crippen LogP contribution in [0.25, 0.3) is 16.7 Å². The van der Waals surface area contributed by atoms with Crippen LogP contribution in [0.3, 0.4) is 0 Å². The summed E-state index contributed by atoms with van der Waals surface area (Å²) >= 11 is 0. The zero-order chi connectivity index (χ0) is 18.2. The summed E-state index contributed by atoms with van der Waals surface area (Å²) in [5, 5.41) is 2.95. The second kappa shape index (κ2) is 6.29. The first kappa shape index (κ1) is 15.6. The van der Waals surface area contributed by atoms with Gasteiger partial charge in [0.1, 0.15) is 12.1 Å². The number of hydrogen-bond donors (Lipinski definition) is 1. The van der Waals surface area contributed by atoms with E-state index < -0.39 is 0 Å². The van der Waals surface area contributed by atoms with Gasteiger partial charge in [-0.25, -0.2) is 4.98 Å². The number of para-hydroxylation sites is 2. The minimum absolute atomic E-state index is 0.120. The van der Waals surface area contributed by atoms with Crippen molar-refractivity contribution in [1.29, 1.82) is 0 Å². The number of nitrogens with zero attached hydrogens (tertiary/aromatic N) is 2. The van der Waals surface area contributed by atoms with Gasteiger partial charge in [-0.15, -0.1) is 0 Å². The molecule has 1 aliphatic heterocycles. The maximum atomic E-state index is 12.5. The molecule has 4 aromatic rings. The van der Waals surface area contributed by atoms with Crippen LogP contribution in [-0.4, -0.2) is 22.1 Å². The predicted octanol–water partition coefficient (Wildman–Crippen LogP) is 4.21. The Balaban J connectivity index is 1.37. The van der Waals surface area contributed by atoms with Gasteiger partial charge in [0.05, 0.1) is 17.6 Å².